The number of hydrogen-bond acceptors (Lipinski definition) is 3. The molecule has 1 N–H and O–H groups in total. The number of rotatable bonds is 3. The van der Waals surface area contributed by atoms with Crippen LogP contribution in [0.2, 0.25) is 0 Å². The molecule has 5 heteroatoms. The maximum atomic E-state index is 12.4. The Kier molecular flexibility index (Phi) is 3.02. The Hall–Kier alpha value is -1.62. The summed E-state index contributed by atoms with van der Waals surface area (Å²) in [5, 5.41) is 13.0. The average molecular weight is 265 g/mol. The molecule has 2 rings (SSSR count). The van der Waals surface area contributed by atoms with Gasteiger partial charge in [0.25, 0.3) is 5.91 Å². The predicted octanol–water partition coefficient (Wildman–Crippen LogP) is 2.23. The Morgan fingerprint density at radius 3 is 2.67 bits per heavy atom. The second-order valence-electron chi connectivity index (χ2n) is 4.92. The van der Waals surface area contributed by atoms with Gasteiger partial charge in [0.2, 0.25) is 0 Å². The summed E-state index contributed by atoms with van der Waals surface area (Å²) in [5.74, 6) is -1.19. The van der Waals surface area contributed by atoms with Crippen molar-refractivity contribution in [3.8, 4) is 0 Å². The number of aliphatic carboxylic acids is 1. The first-order valence-corrected chi connectivity index (χ1v) is 6.57. The fourth-order valence-corrected chi connectivity index (χ4v) is 2.70. The van der Waals surface area contributed by atoms with Crippen molar-refractivity contribution in [2.24, 2.45) is 0 Å². The molecule has 2 heterocycles. The number of carbonyl (C=O) groups excluding carboxylic acids is 1. The third-order valence-corrected chi connectivity index (χ3v) is 3.97. The lowest BCUT2D eigenvalue weighted by molar-refractivity contribution is -0.153. The number of carboxylic acid groups (broad SMARTS) is 1. The van der Waals surface area contributed by atoms with Gasteiger partial charge in [-0.15, -0.1) is 0 Å². The van der Waals surface area contributed by atoms with Crippen LogP contribution in [0.25, 0.3) is 5.57 Å². The van der Waals surface area contributed by atoms with Crippen molar-refractivity contribution in [1.82, 2.24) is 4.90 Å². The number of carbonyl (C=O) groups is 2. The second kappa shape index (κ2) is 4.24. The van der Waals surface area contributed by atoms with Crippen molar-refractivity contribution in [2.75, 3.05) is 6.54 Å². The van der Waals surface area contributed by atoms with E-state index >= 15 is 0 Å². The molecule has 1 amide bonds. The van der Waals surface area contributed by atoms with Crippen molar-refractivity contribution in [3.05, 3.63) is 28.0 Å². The van der Waals surface area contributed by atoms with E-state index in [0.717, 1.165) is 11.1 Å². The molecule has 1 aromatic rings. The van der Waals surface area contributed by atoms with E-state index in [1.807, 2.05) is 23.8 Å². The minimum absolute atomic E-state index is 0.196. The normalized spacial score (nSPS) is 16.6. The molecule has 4 nitrogen and oxygen atoms in total. The number of thiophene rings is 1. The molecule has 0 unspecified atom stereocenters. The fourth-order valence-electron chi connectivity index (χ4n) is 2.05. The first-order chi connectivity index (χ1) is 8.35. The number of carboxylic acids is 1. The molecule has 1 aromatic heterocycles. The second-order valence-corrected chi connectivity index (χ2v) is 5.70. The Morgan fingerprint density at radius 1 is 1.50 bits per heavy atom. The van der Waals surface area contributed by atoms with Gasteiger partial charge in [-0.1, -0.05) is 0 Å². The lowest BCUT2D eigenvalue weighted by atomic mass is 10.0. The maximum absolute atomic E-state index is 12.4. The number of nitrogens with zero attached hydrogens (tertiary/aromatic N) is 1. The molecule has 1 aliphatic heterocycles. The van der Waals surface area contributed by atoms with Crippen molar-refractivity contribution in [3.63, 3.8) is 0 Å². The van der Waals surface area contributed by atoms with Gasteiger partial charge in [0.1, 0.15) is 5.54 Å². The third-order valence-electron chi connectivity index (χ3n) is 3.29. The van der Waals surface area contributed by atoms with Gasteiger partial charge in [0.05, 0.1) is 0 Å². The maximum Gasteiger partial charge on any atom is 0.329 e. The first-order valence-electron chi connectivity index (χ1n) is 5.63. The zero-order chi connectivity index (χ0) is 13.5. The van der Waals surface area contributed by atoms with Gasteiger partial charge in [-0.2, -0.15) is 11.3 Å². The van der Waals surface area contributed by atoms with E-state index in [4.69, 9.17) is 0 Å². The van der Waals surface area contributed by atoms with Crippen LogP contribution < -0.4 is 0 Å². The van der Waals surface area contributed by atoms with Crippen LogP contribution >= 0.6 is 11.3 Å². The van der Waals surface area contributed by atoms with E-state index in [0.29, 0.717) is 12.1 Å². The van der Waals surface area contributed by atoms with Crippen LogP contribution in [0, 0.1) is 0 Å². The van der Waals surface area contributed by atoms with Gasteiger partial charge in [-0.3, -0.25) is 4.79 Å². The largest absolute Gasteiger partial charge is 0.480 e. The molecule has 0 atom stereocenters. The molecule has 0 radical (unpaired) electrons. The van der Waals surface area contributed by atoms with Crippen LogP contribution in [0.15, 0.2) is 22.4 Å². The lowest BCUT2D eigenvalue weighted by Gasteiger charge is -2.31. The quantitative estimate of drug-likeness (QED) is 0.911. The highest BCUT2D eigenvalue weighted by Gasteiger charge is 2.43. The number of hydrogen-bond donors (Lipinski definition) is 1. The molecule has 1 aliphatic rings. The van der Waals surface area contributed by atoms with Gasteiger partial charge in [-0.05, 0) is 48.7 Å². The van der Waals surface area contributed by atoms with E-state index in [1.165, 1.54) is 16.2 Å². The summed E-state index contributed by atoms with van der Waals surface area (Å²) in [5.41, 5.74) is 1.26. The van der Waals surface area contributed by atoms with Crippen LogP contribution in [0.1, 0.15) is 26.3 Å². The number of amides is 1. The van der Waals surface area contributed by atoms with Crippen LogP contribution in [-0.2, 0) is 9.59 Å². The van der Waals surface area contributed by atoms with Crippen LogP contribution in [-0.4, -0.2) is 34.0 Å². The monoisotopic (exact) mass is 265 g/mol. The Morgan fingerprint density at radius 2 is 2.17 bits per heavy atom. The molecule has 0 spiro atoms. The van der Waals surface area contributed by atoms with Crippen LogP contribution in [0.3, 0.4) is 0 Å². The molecule has 0 saturated heterocycles. The summed E-state index contributed by atoms with van der Waals surface area (Å²) in [6.45, 7) is 5.36. The zero-order valence-electron chi connectivity index (χ0n) is 10.6. The Balaban J connectivity index is 2.36. The van der Waals surface area contributed by atoms with E-state index in [-0.39, 0.29) is 5.91 Å². The molecular weight excluding hydrogens is 250 g/mol. The predicted molar refractivity (Wildman–Crippen MR) is 70.3 cm³/mol. The third kappa shape index (κ3) is 1.84. The SMILES string of the molecule is CC1=C(c2ccsc2)C(=O)N(C(C)(C)C(=O)O)C1. The summed E-state index contributed by atoms with van der Waals surface area (Å²) in [7, 11) is 0. The van der Waals surface area contributed by atoms with E-state index in [9.17, 15) is 14.7 Å². The summed E-state index contributed by atoms with van der Waals surface area (Å²) in [6, 6.07) is 1.89. The van der Waals surface area contributed by atoms with Gasteiger partial charge in [0.15, 0.2) is 0 Å². The topological polar surface area (TPSA) is 57.6 Å². The van der Waals surface area contributed by atoms with E-state index in [1.54, 1.807) is 13.8 Å². The molecule has 0 aliphatic carbocycles. The summed E-state index contributed by atoms with van der Waals surface area (Å²) in [4.78, 5) is 25.0. The summed E-state index contributed by atoms with van der Waals surface area (Å²) < 4.78 is 0. The average Bonchev–Trinajstić information content (AvgIpc) is 2.86. The minimum atomic E-state index is -1.18. The lowest BCUT2D eigenvalue weighted by Crippen LogP contribution is -2.51. The van der Waals surface area contributed by atoms with Crippen molar-refractivity contribution in [2.45, 2.75) is 26.3 Å². The minimum Gasteiger partial charge on any atom is -0.480 e. The fraction of sp³-hybridized carbons (Fsp3) is 0.385. The zero-order valence-corrected chi connectivity index (χ0v) is 11.4. The van der Waals surface area contributed by atoms with Crippen LogP contribution in [0.4, 0.5) is 0 Å². The standard InChI is InChI=1S/C13H15NO3S/c1-8-6-14(13(2,3)12(16)17)11(15)10(8)9-4-5-18-7-9/h4-5,7H,6H2,1-3H3,(H,16,17). The van der Waals surface area contributed by atoms with E-state index < -0.39 is 11.5 Å². The molecular formula is C13H15NO3S. The smallest absolute Gasteiger partial charge is 0.329 e. The first kappa shape index (κ1) is 12.8. The highest BCUT2D eigenvalue weighted by atomic mass is 32.1. The molecule has 18 heavy (non-hydrogen) atoms. The molecule has 0 bridgehead atoms. The van der Waals surface area contributed by atoms with Crippen LogP contribution in [0.5, 0.6) is 0 Å². The van der Waals surface area contributed by atoms with Gasteiger partial charge in [0, 0.05) is 12.1 Å². The van der Waals surface area contributed by atoms with Gasteiger partial charge < -0.3 is 10.0 Å². The Bertz CT molecular complexity index is 528. The van der Waals surface area contributed by atoms with E-state index in [2.05, 4.69) is 0 Å². The van der Waals surface area contributed by atoms with Crippen molar-refractivity contribution < 1.29 is 14.7 Å². The Labute approximate surface area is 110 Å². The highest BCUT2D eigenvalue weighted by Crippen LogP contribution is 2.33. The molecule has 0 saturated carbocycles. The molecule has 0 fully saturated rings. The van der Waals surface area contributed by atoms with Crippen molar-refractivity contribution >= 4 is 28.8 Å². The van der Waals surface area contributed by atoms with Crippen molar-refractivity contribution in [1.29, 1.82) is 0 Å². The van der Waals surface area contributed by atoms with Gasteiger partial charge >= 0.3 is 5.97 Å². The highest BCUT2D eigenvalue weighted by molar-refractivity contribution is 7.08. The molecule has 96 valence electrons. The summed E-state index contributed by atoms with van der Waals surface area (Å²) >= 11 is 1.52. The summed E-state index contributed by atoms with van der Waals surface area (Å²) in [6.07, 6.45) is 0. The van der Waals surface area contributed by atoms with Gasteiger partial charge in [-0.25, -0.2) is 4.79 Å². The molecule has 0 aromatic carbocycles.